The Balaban J connectivity index is 1.40. The van der Waals surface area contributed by atoms with Gasteiger partial charge in [-0.3, -0.25) is 4.90 Å². The lowest BCUT2D eigenvalue weighted by Gasteiger charge is -2.44. The molecular weight excluding hydrogens is 406 g/mol. The number of methoxy groups -OCH3 is 1. The molecule has 0 spiro atoms. The predicted octanol–water partition coefficient (Wildman–Crippen LogP) is 4.81. The third-order valence-electron chi connectivity index (χ3n) is 7.32. The lowest BCUT2D eigenvalue weighted by atomic mass is 9.78. The zero-order valence-electron chi connectivity index (χ0n) is 18.3. The van der Waals surface area contributed by atoms with E-state index in [0.717, 1.165) is 30.4 Å². The molecule has 2 unspecified atom stereocenters. The normalized spacial score (nSPS) is 24.5. The zero-order chi connectivity index (χ0) is 22.3. The van der Waals surface area contributed by atoms with Crippen molar-refractivity contribution < 1.29 is 24.2 Å². The third-order valence-corrected chi connectivity index (χ3v) is 7.32. The minimum Gasteiger partial charge on any atom is -0.479 e. The van der Waals surface area contributed by atoms with Gasteiger partial charge in [-0.05, 0) is 54.4 Å². The maximum Gasteiger partial charge on any atom is 0.411 e. The van der Waals surface area contributed by atoms with Crippen LogP contribution in [0.5, 0.6) is 0 Å². The third kappa shape index (κ3) is 3.47. The van der Waals surface area contributed by atoms with E-state index in [-0.39, 0.29) is 24.7 Å². The van der Waals surface area contributed by atoms with Gasteiger partial charge in [0.2, 0.25) is 0 Å². The van der Waals surface area contributed by atoms with Gasteiger partial charge in [-0.2, -0.15) is 0 Å². The molecule has 0 saturated heterocycles. The van der Waals surface area contributed by atoms with Gasteiger partial charge in [0.05, 0.1) is 6.10 Å². The van der Waals surface area contributed by atoms with Crippen LogP contribution in [0, 0.1) is 0 Å². The first-order valence-electron chi connectivity index (χ1n) is 11.5. The van der Waals surface area contributed by atoms with Gasteiger partial charge in [0.1, 0.15) is 12.1 Å². The predicted molar refractivity (Wildman–Crippen MR) is 120 cm³/mol. The van der Waals surface area contributed by atoms with Crippen molar-refractivity contribution in [2.24, 2.45) is 0 Å². The maximum absolute atomic E-state index is 13.4. The van der Waals surface area contributed by atoms with Gasteiger partial charge in [-0.15, -0.1) is 0 Å². The fourth-order valence-corrected chi connectivity index (χ4v) is 5.59. The molecule has 3 aliphatic rings. The molecule has 168 valence electrons. The molecule has 0 aromatic heterocycles. The number of carbonyl (C=O) groups excluding carboxylic acids is 1. The summed E-state index contributed by atoms with van der Waals surface area (Å²) < 4.78 is 11.4. The number of rotatable bonds is 6. The van der Waals surface area contributed by atoms with Crippen LogP contribution in [-0.4, -0.2) is 53.5 Å². The van der Waals surface area contributed by atoms with Crippen molar-refractivity contribution in [3.8, 4) is 11.1 Å². The second-order valence-electron chi connectivity index (χ2n) is 9.20. The topological polar surface area (TPSA) is 76.1 Å². The van der Waals surface area contributed by atoms with Crippen LogP contribution in [-0.2, 0) is 14.3 Å². The summed E-state index contributed by atoms with van der Waals surface area (Å²) in [5.74, 6) is -1.01. The van der Waals surface area contributed by atoms with Crippen LogP contribution in [0.25, 0.3) is 11.1 Å². The Morgan fingerprint density at radius 3 is 2.22 bits per heavy atom. The van der Waals surface area contributed by atoms with Crippen LogP contribution < -0.4 is 0 Å². The van der Waals surface area contributed by atoms with Crippen LogP contribution in [0.15, 0.2) is 48.5 Å². The van der Waals surface area contributed by atoms with E-state index in [1.807, 2.05) is 24.3 Å². The number of fused-ring (bicyclic) bond motifs is 3. The van der Waals surface area contributed by atoms with Crippen LogP contribution in [0.2, 0.25) is 0 Å². The van der Waals surface area contributed by atoms with E-state index in [0.29, 0.717) is 19.3 Å². The first kappa shape index (κ1) is 21.0. The molecule has 2 saturated carbocycles. The van der Waals surface area contributed by atoms with Gasteiger partial charge >= 0.3 is 12.1 Å². The number of hydrogen-bond acceptors (Lipinski definition) is 4. The first-order valence-corrected chi connectivity index (χ1v) is 11.5. The molecule has 0 aliphatic heterocycles. The number of nitrogens with zero attached hydrogens (tertiary/aromatic N) is 1. The summed E-state index contributed by atoms with van der Waals surface area (Å²) in [4.78, 5) is 27.4. The van der Waals surface area contributed by atoms with Crippen LogP contribution in [0.1, 0.15) is 55.6 Å². The molecule has 0 radical (unpaired) electrons. The van der Waals surface area contributed by atoms with E-state index in [2.05, 4.69) is 24.3 Å². The SMILES string of the molecule is COC1CCCC(C(=O)O)(N(C(=O)OCC2c3ccccc3-c3ccccc32)C2CC2)C1. The molecule has 1 N–H and O–H groups in total. The number of amides is 1. The molecule has 2 aromatic carbocycles. The van der Waals surface area contributed by atoms with Crippen molar-refractivity contribution in [3.63, 3.8) is 0 Å². The Bertz CT molecular complexity index is 987. The van der Waals surface area contributed by atoms with Gasteiger partial charge in [-0.25, -0.2) is 9.59 Å². The largest absolute Gasteiger partial charge is 0.479 e. The smallest absolute Gasteiger partial charge is 0.411 e. The Hall–Kier alpha value is -2.86. The fourth-order valence-electron chi connectivity index (χ4n) is 5.59. The van der Waals surface area contributed by atoms with Crippen LogP contribution in [0.3, 0.4) is 0 Å². The number of aliphatic carboxylic acids is 1. The number of carboxylic acid groups (broad SMARTS) is 1. The second kappa shape index (κ2) is 8.24. The van der Waals surface area contributed by atoms with Crippen molar-refractivity contribution in [1.82, 2.24) is 4.90 Å². The van der Waals surface area contributed by atoms with E-state index in [1.54, 1.807) is 7.11 Å². The van der Waals surface area contributed by atoms with Crippen molar-refractivity contribution in [1.29, 1.82) is 0 Å². The monoisotopic (exact) mass is 435 g/mol. The zero-order valence-corrected chi connectivity index (χ0v) is 18.3. The van der Waals surface area contributed by atoms with Gasteiger partial charge in [0, 0.05) is 25.5 Å². The molecule has 6 nitrogen and oxygen atoms in total. The standard InChI is InChI=1S/C26H29NO5/c1-31-18-7-6-14-26(15-18,24(28)29)27(17-12-13-17)25(30)32-16-23-21-10-4-2-8-19(21)20-9-3-5-11-22(20)23/h2-5,8-11,17-18,23H,6-7,12-16H2,1H3,(H,28,29). The summed E-state index contributed by atoms with van der Waals surface area (Å²) in [6.07, 6.45) is 3.21. The molecular formula is C26H29NO5. The molecule has 2 atom stereocenters. The summed E-state index contributed by atoms with van der Waals surface area (Å²) in [5, 5.41) is 10.2. The van der Waals surface area contributed by atoms with Crippen molar-refractivity contribution >= 4 is 12.1 Å². The highest BCUT2D eigenvalue weighted by molar-refractivity contribution is 5.85. The minimum absolute atomic E-state index is 0.0498. The van der Waals surface area contributed by atoms with E-state index < -0.39 is 17.6 Å². The van der Waals surface area contributed by atoms with E-state index in [4.69, 9.17) is 9.47 Å². The summed E-state index contributed by atoms with van der Waals surface area (Å²) in [7, 11) is 1.61. The highest BCUT2D eigenvalue weighted by atomic mass is 16.6. The molecule has 0 heterocycles. The molecule has 5 rings (SSSR count). The Kier molecular flexibility index (Phi) is 5.41. The molecule has 3 aliphatic carbocycles. The van der Waals surface area contributed by atoms with E-state index >= 15 is 0 Å². The molecule has 2 fully saturated rings. The number of benzene rings is 2. The van der Waals surface area contributed by atoms with Crippen molar-refractivity contribution in [2.45, 2.75) is 62.1 Å². The number of hydrogen-bond donors (Lipinski definition) is 1. The van der Waals surface area contributed by atoms with Crippen LogP contribution >= 0.6 is 0 Å². The summed E-state index contributed by atoms with van der Waals surface area (Å²) >= 11 is 0. The Labute approximate surface area is 188 Å². The molecule has 2 aromatic rings. The lowest BCUT2D eigenvalue weighted by molar-refractivity contribution is -0.157. The highest BCUT2D eigenvalue weighted by Crippen LogP contribution is 2.46. The van der Waals surface area contributed by atoms with Gasteiger partial charge in [0.15, 0.2) is 0 Å². The summed E-state index contributed by atoms with van der Waals surface area (Å²) in [5.41, 5.74) is 3.36. The van der Waals surface area contributed by atoms with Crippen molar-refractivity contribution in [2.75, 3.05) is 13.7 Å². The fraction of sp³-hybridized carbons (Fsp3) is 0.462. The molecule has 1 amide bonds. The molecule has 32 heavy (non-hydrogen) atoms. The van der Waals surface area contributed by atoms with Crippen molar-refractivity contribution in [3.05, 3.63) is 59.7 Å². The highest BCUT2D eigenvalue weighted by Gasteiger charge is 2.55. The average molecular weight is 436 g/mol. The molecule has 0 bridgehead atoms. The van der Waals surface area contributed by atoms with E-state index in [9.17, 15) is 14.7 Å². The second-order valence-corrected chi connectivity index (χ2v) is 9.20. The quantitative estimate of drug-likeness (QED) is 0.705. The first-order chi connectivity index (χ1) is 15.5. The lowest BCUT2D eigenvalue weighted by Crippen LogP contribution is -2.61. The molecule has 6 heteroatoms. The Morgan fingerprint density at radius 1 is 1.03 bits per heavy atom. The minimum atomic E-state index is -1.26. The number of carbonyl (C=O) groups is 2. The van der Waals surface area contributed by atoms with E-state index in [1.165, 1.54) is 16.0 Å². The van der Waals surface area contributed by atoms with Gasteiger partial charge < -0.3 is 14.6 Å². The summed E-state index contributed by atoms with van der Waals surface area (Å²) in [6.45, 7) is 0.194. The van der Waals surface area contributed by atoms with Crippen LogP contribution in [0.4, 0.5) is 4.79 Å². The van der Waals surface area contributed by atoms with Gasteiger partial charge in [0.25, 0.3) is 0 Å². The maximum atomic E-state index is 13.4. The van der Waals surface area contributed by atoms with Gasteiger partial charge in [-0.1, -0.05) is 48.5 Å². The summed E-state index contributed by atoms with van der Waals surface area (Å²) in [6, 6.07) is 16.3. The number of carboxylic acids is 1. The number of ether oxygens (including phenoxy) is 2. The average Bonchev–Trinajstić information content (AvgIpc) is 3.59. The Morgan fingerprint density at radius 2 is 1.66 bits per heavy atom.